The molecule has 0 saturated heterocycles. The van der Waals surface area contributed by atoms with Crippen molar-refractivity contribution in [3.8, 4) is 0 Å². The normalized spacial score (nSPS) is 26.9. The van der Waals surface area contributed by atoms with Gasteiger partial charge in [0.05, 0.1) is 6.10 Å². The van der Waals surface area contributed by atoms with E-state index in [2.05, 4.69) is 18.9 Å². The van der Waals surface area contributed by atoms with E-state index in [1.165, 1.54) is 18.6 Å². The molecule has 0 aliphatic heterocycles. The number of benzene rings is 1. The maximum absolute atomic E-state index is 12.9. The topological polar surface area (TPSA) is 23.5 Å². The highest BCUT2D eigenvalue weighted by Crippen LogP contribution is 2.31. The van der Waals surface area contributed by atoms with Gasteiger partial charge >= 0.3 is 0 Å². The first-order chi connectivity index (χ1) is 9.58. The number of rotatable bonds is 5. The van der Waals surface area contributed by atoms with Gasteiger partial charge < -0.3 is 10.0 Å². The molecule has 0 aromatic heterocycles. The van der Waals surface area contributed by atoms with Crippen LogP contribution in [0.3, 0.4) is 0 Å². The van der Waals surface area contributed by atoms with Crippen molar-refractivity contribution in [3.63, 3.8) is 0 Å². The van der Waals surface area contributed by atoms with Crippen LogP contribution in [0.15, 0.2) is 24.3 Å². The lowest BCUT2D eigenvalue weighted by atomic mass is 9.78. The number of aliphatic hydroxyl groups is 1. The Morgan fingerprint density at radius 2 is 1.95 bits per heavy atom. The quantitative estimate of drug-likeness (QED) is 0.892. The van der Waals surface area contributed by atoms with Gasteiger partial charge in [0, 0.05) is 13.1 Å². The molecule has 112 valence electrons. The molecule has 2 rings (SSSR count). The van der Waals surface area contributed by atoms with Crippen molar-refractivity contribution in [2.75, 3.05) is 13.6 Å². The SMILES string of the molecule is CCC1CCC(O)C(CN(C)Cc2ccc(F)cc2)C1. The van der Waals surface area contributed by atoms with E-state index >= 15 is 0 Å². The molecule has 1 aliphatic rings. The van der Waals surface area contributed by atoms with Gasteiger partial charge in [-0.15, -0.1) is 0 Å². The molecule has 1 fully saturated rings. The summed E-state index contributed by atoms with van der Waals surface area (Å²) in [4.78, 5) is 2.24. The molecule has 3 atom stereocenters. The fourth-order valence-electron chi connectivity index (χ4n) is 3.28. The first-order valence-corrected chi connectivity index (χ1v) is 7.69. The van der Waals surface area contributed by atoms with Crippen LogP contribution in [0.2, 0.25) is 0 Å². The first-order valence-electron chi connectivity index (χ1n) is 7.69. The van der Waals surface area contributed by atoms with Gasteiger partial charge in [0.1, 0.15) is 5.82 Å². The fraction of sp³-hybridized carbons (Fsp3) is 0.647. The van der Waals surface area contributed by atoms with Crippen LogP contribution in [0.1, 0.15) is 38.2 Å². The predicted octanol–water partition coefficient (Wildman–Crippen LogP) is 3.44. The summed E-state index contributed by atoms with van der Waals surface area (Å²) in [6, 6.07) is 6.67. The number of hydrogen-bond donors (Lipinski definition) is 1. The minimum atomic E-state index is -0.190. The van der Waals surface area contributed by atoms with Crippen molar-refractivity contribution in [2.45, 2.75) is 45.3 Å². The van der Waals surface area contributed by atoms with Gasteiger partial charge in [-0.3, -0.25) is 0 Å². The molecule has 0 heterocycles. The van der Waals surface area contributed by atoms with E-state index < -0.39 is 0 Å². The van der Waals surface area contributed by atoms with Gasteiger partial charge in [-0.1, -0.05) is 25.5 Å². The smallest absolute Gasteiger partial charge is 0.123 e. The third-order valence-electron chi connectivity index (χ3n) is 4.54. The number of hydrogen-bond acceptors (Lipinski definition) is 2. The fourth-order valence-corrected chi connectivity index (χ4v) is 3.28. The van der Waals surface area contributed by atoms with Crippen molar-refractivity contribution in [1.82, 2.24) is 4.90 Å². The maximum atomic E-state index is 12.9. The molecule has 0 amide bonds. The van der Waals surface area contributed by atoms with Crippen LogP contribution in [-0.2, 0) is 6.54 Å². The van der Waals surface area contributed by atoms with E-state index in [1.807, 2.05) is 12.1 Å². The highest BCUT2D eigenvalue weighted by molar-refractivity contribution is 5.15. The first kappa shape index (κ1) is 15.5. The Labute approximate surface area is 121 Å². The van der Waals surface area contributed by atoms with Crippen LogP contribution in [0.4, 0.5) is 4.39 Å². The van der Waals surface area contributed by atoms with E-state index in [0.717, 1.165) is 43.8 Å². The van der Waals surface area contributed by atoms with E-state index in [0.29, 0.717) is 5.92 Å². The number of halogens is 1. The standard InChI is InChI=1S/C17H26FNO/c1-3-13-6-9-17(20)15(10-13)12-19(2)11-14-4-7-16(18)8-5-14/h4-5,7-8,13,15,17,20H,3,6,9-12H2,1-2H3. The lowest BCUT2D eigenvalue weighted by Crippen LogP contribution is -2.37. The van der Waals surface area contributed by atoms with Gasteiger partial charge in [0.15, 0.2) is 0 Å². The Kier molecular flexibility index (Phi) is 5.55. The lowest BCUT2D eigenvalue weighted by molar-refractivity contribution is 0.0298. The van der Waals surface area contributed by atoms with E-state index in [-0.39, 0.29) is 11.9 Å². The maximum Gasteiger partial charge on any atom is 0.123 e. The van der Waals surface area contributed by atoms with E-state index in [4.69, 9.17) is 0 Å². The van der Waals surface area contributed by atoms with Crippen LogP contribution >= 0.6 is 0 Å². The van der Waals surface area contributed by atoms with Crippen molar-refractivity contribution in [1.29, 1.82) is 0 Å². The Balaban J connectivity index is 1.86. The van der Waals surface area contributed by atoms with Crippen LogP contribution in [0.25, 0.3) is 0 Å². The van der Waals surface area contributed by atoms with Gasteiger partial charge in [-0.05, 0) is 55.8 Å². The Morgan fingerprint density at radius 3 is 2.60 bits per heavy atom. The van der Waals surface area contributed by atoms with Crippen molar-refractivity contribution in [3.05, 3.63) is 35.6 Å². The molecule has 1 N–H and O–H groups in total. The van der Waals surface area contributed by atoms with Gasteiger partial charge in [0.2, 0.25) is 0 Å². The van der Waals surface area contributed by atoms with Gasteiger partial charge in [0.25, 0.3) is 0 Å². The number of aliphatic hydroxyl groups excluding tert-OH is 1. The summed E-state index contributed by atoms with van der Waals surface area (Å²) in [7, 11) is 2.08. The summed E-state index contributed by atoms with van der Waals surface area (Å²) in [5.74, 6) is 0.951. The monoisotopic (exact) mass is 279 g/mol. The molecule has 2 nitrogen and oxygen atoms in total. The second-order valence-corrected chi connectivity index (χ2v) is 6.24. The average Bonchev–Trinajstić information content (AvgIpc) is 2.44. The Morgan fingerprint density at radius 1 is 1.25 bits per heavy atom. The minimum Gasteiger partial charge on any atom is -0.393 e. The third kappa shape index (κ3) is 4.29. The highest BCUT2D eigenvalue weighted by Gasteiger charge is 2.28. The summed E-state index contributed by atoms with van der Waals surface area (Å²) in [5.41, 5.74) is 1.12. The molecule has 1 aromatic rings. The molecule has 3 unspecified atom stereocenters. The van der Waals surface area contributed by atoms with Crippen LogP contribution in [0, 0.1) is 17.7 Å². The summed E-state index contributed by atoms with van der Waals surface area (Å²) in [6.07, 6.45) is 4.29. The molecular formula is C17H26FNO. The predicted molar refractivity (Wildman–Crippen MR) is 79.9 cm³/mol. The zero-order valence-electron chi connectivity index (χ0n) is 12.6. The third-order valence-corrected chi connectivity index (χ3v) is 4.54. The van der Waals surface area contributed by atoms with Crippen molar-refractivity contribution in [2.24, 2.45) is 11.8 Å². The van der Waals surface area contributed by atoms with E-state index in [1.54, 1.807) is 0 Å². The number of nitrogens with zero attached hydrogens (tertiary/aromatic N) is 1. The molecule has 1 aliphatic carbocycles. The largest absolute Gasteiger partial charge is 0.393 e. The molecule has 0 bridgehead atoms. The molecule has 1 saturated carbocycles. The summed E-state index contributed by atoms with van der Waals surface area (Å²) in [5, 5.41) is 10.2. The van der Waals surface area contributed by atoms with Crippen LogP contribution < -0.4 is 0 Å². The molecule has 1 aromatic carbocycles. The zero-order valence-corrected chi connectivity index (χ0v) is 12.6. The highest BCUT2D eigenvalue weighted by atomic mass is 19.1. The molecule has 0 spiro atoms. The summed E-state index contributed by atoms with van der Waals surface area (Å²) < 4.78 is 12.9. The average molecular weight is 279 g/mol. The minimum absolute atomic E-state index is 0.159. The van der Waals surface area contributed by atoms with Crippen LogP contribution in [0.5, 0.6) is 0 Å². The second kappa shape index (κ2) is 7.19. The summed E-state index contributed by atoms with van der Waals surface area (Å²) >= 11 is 0. The van der Waals surface area contributed by atoms with Crippen LogP contribution in [-0.4, -0.2) is 29.7 Å². The zero-order chi connectivity index (χ0) is 14.5. The Hall–Kier alpha value is -0.930. The molecule has 20 heavy (non-hydrogen) atoms. The molecule has 0 radical (unpaired) electrons. The van der Waals surface area contributed by atoms with Crippen molar-refractivity contribution < 1.29 is 9.50 Å². The van der Waals surface area contributed by atoms with Gasteiger partial charge in [-0.25, -0.2) is 4.39 Å². The lowest BCUT2D eigenvalue weighted by Gasteiger charge is -2.35. The van der Waals surface area contributed by atoms with Gasteiger partial charge in [-0.2, -0.15) is 0 Å². The molecular weight excluding hydrogens is 253 g/mol. The van der Waals surface area contributed by atoms with E-state index in [9.17, 15) is 9.50 Å². The second-order valence-electron chi connectivity index (χ2n) is 6.24. The van der Waals surface area contributed by atoms with Crippen molar-refractivity contribution >= 4 is 0 Å². The summed E-state index contributed by atoms with van der Waals surface area (Å²) in [6.45, 7) is 3.96. The Bertz CT molecular complexity index is 406. The molecule has 3 heteroatoms.